The number of rotatable bonds is 1. The Morgan fingerprint density at radius 1 is 1.21 bits per heavy atom. The molecule has 0 atom stereocenters. The Morgan fingerprint density at radius 3 is 2.57 bits per heavy atom. The summed E-state index contributed by atoms with van der Waals surface area (Å²) < 4.78 is 13.0. The van der Waals surface area contributed by atoms with Gasteiger partial charge in [0.25, 0.3) is 0 Å². The van der Waals surface area contributed by atoms with E-state index in [9.17, 15) is 9.50 Å². The van der Waals surface area contributed by atoms with Crippen LogP contribution in [0.25, 0.3) is 0 Å². The number of nitrogens with one attached hydrogen (secondary N) is 1. The van der Waals surface area contributed by atoms with E-state index < -0.39 is 5.82 Å². The largest absolute Gasteiger partial charge is 0.508 e. The highest BCUT2D eigenvalue weighted by Gasteiger charge is 2.11. The summed E-state index contributed by atoms with van der Waals surface area (Å²) in [6.45, 7) is 3.50. The van der Waals surface area contributed by atoms with Crippen molar-refractivity contribution in [2.24, 2.45) is 0 Å². The number of halogens is 1. The van der Waals surface area contributed by atoms with Crippen molar-refractivity contribution in [1.29, 1.82) is 0 Å². The fourth-order valence-electron chi connectivity index (χ4n) is 1.66. The third-order valence-corrected chi connectivity index (χ3v) is 2.35. The number of phenolic OH excluding ortho intramolecular Hbond substituents is 1. The molecule has 1 fully saturated rings. The van der Waals surface area contributed by atoms with Crippen molar-refractivity contribution >= 4 is 5.69 Å². The number of anilines is 1. The van der Waals surface area contributed by atoms with Gasteiger partial charge in [0.1, 0.15) is 11.6 Å². The molecule has 0 aromatic heterocycles. The second kappa shape index (κ2) is 3.84. The fourth-order valence-corrected chi connectivity index (χ4v) is 1.66. The molecule has 14 heavy (non-hydrogen) atoms. The maximum atomic E-state index is 13.0. The molecule has 0 radical (unpaired) electrons. The lowest BCUT2D eigenvalue weighted by Crippen LogP contribution is -2.43. The zero-order valence-electron chi connectivity index (χ0n) is 7.83. The maximum absolute atomic E-state index is 13.0. The molecule has 0 bridgehead atoms. The van der Waals surface area contributed by atoms with Crippen LogP contribution in [0.15, 0.2) is 18.2 Å². The molecule has 2 rings (SSSR count). The summed E-state index contributed by atoms with van der Waals surface area (Å²) in [7, 11) is 0. The Hall–Kier alpha value is -1.29. The van der Waals surface area contributed by atoms with Crippen LogP contribution in [-0.4, -0.2) is 31.3 Å². The molecule has 3 nitrogen and oxygen atoms in total. The molecule has 1 aliphatic rings. The second-order valence-corrected chi connectivity index (χ2v) is 3.40. The third kappa shape index (κ3) is 1.96. The molecule has 0 amide bonds. The van der Waals surface area contributed by atoms with Crippen LogP contribution in [0, 0.1) is 5.82 Å². The lowest BCUT2D eigenvalue weighted by molar-refractivity contribution is 0.468. The minimum atomic E-state index is -0.390. The normalized spacial score (nSPS) is 17.1. The van der Waals surface area contributed by atoms with Crippen LogP contribution in [-0.2, 0) is 0 Å². The Bertz CT molecular complexity index is 304. The van der Waals surface area contributed by atoms with E-state index in [1.165, 1.54) is 6.07 Å². The standard InChI is InChI=1S/C10H13FN2O/c11-8-5-9(7-10(14)6-8)13-3-1-12-2-4-13/h5-7,12,14H,1-4H2. The van der Waals surface area contributed by atoms with E-state index in [2.05, 4.69) is 10.2 Å². The Labute approximate surface area is 82.2 Å². The topological polar surface area (TPSA) is 35.5 Å². The van der Waals surface area contributed by atoms with E-state index in [1.807, 2.05) is 0 Å². The van der Waals surface area contributed by atoms with Crippen LogP contribution >= 0.6 is 0 Å². The van der Waals surface area contributed by atoms with Crippen LogP contribution in [0.1, 0.15) is 0 Å². The molecule has 76 valence electrons. The molecule has 1 saturated heterocycles. The van der Waals surface area contributed by atoms with Gasteiger partial charge in [-0.3, -0.25) is 0 Å². The average molecular weight is 196 g/mol. The van der Waals surface area contributed by atoms with Gasteiger partial charge in [0.15, 0.2) is 0 Å². The number of hydrogen-bond donors (Lipinski definition) is 2. The van der Waals surface area contributed by atoms with Gasteiger partial charge < -0.3 is 15.3 Å². The van der Waals surface area contributed by atoms with E-state index in [4.69, 9.17) is 0 Å². The van der Waals surface area contributed by atoms with Crippen LogP contribution < -0.4 is 10.2 Å². The Balaban J connectivity index is 2.21. The highest BCUT2D eigenvalue weighted by molar-refractivity contribution is 5.51. The second-order valence-electron chi connectivity index (χ2n) is 3.40. The fraction of sp³-hybridized carbons (Fsp3) is 0.400. The average Bonchev–Trinajstić information content (AvgIpc) is 2.18. The Kier molecular flexibility index (Phi) is 2.54. The summed E-state index contributed by atoms with van der Waals surface area (Å²) >= 11 is 0. The Morgan fingerprint density at radius 2 is 1.93 bits per heavy atom. The first-order chi connectivity index (χ1) is 6.75. The van der Waals surface area contributed by atoms with Crippen molar-refractivity contribution in [2.45, 2.75) is 0 Å². The minimum absolute atomic E-state index is 0.0152. The third-order valence-electron chi connectivity index (χ3n) is 2.35. The van der Waals surface area contributed by atoms with Crippen LogP contribution in [0.4, 0.5) is 10.1 Å². The molecule has 2 N–H and O–H groups in total. The zero-order chi connectivity index (χ0) is 9.97. The van der Waals surface area contributed by atoms with Crippen molar-refractivity contribution < 1.29 is 9.50 Å². The molecule has 0 saturated carbocycles. The van der Waals surface area contributed by atoms with E-state index >= 15 is 0 Å². The molecule has 1 aliphatic heterocycles. The number of benzene rings is 1. The maximum Gasteiger partial charge on any atom is 0.128 e. The van der Waals surface area contributed by atoms with Crippen LogP contribution in [0.2, 0.25) is 0 Å². The molecule has 0 aliphatic carbocycles. The van der Waals surface area contributed by atoms with E-state index in [-0.39, 0.29) is 5.75 Å². The zero-order valence-corrected chi connectivity index (χ0v) is 7.83. The summed E-state index contributed by atoms with van der Waals surface area (Å²) in [5.74, 6) is -0.405. The van der Waals surface area contributed by atoms with Crippen molar-refractivity contribution in [1.82, 2.24) is 5.32 Å². The highest BCUT2D eigenvalue weighted by atomic mass is 19.1. The van der Waals surface area contributed by atoms with Crippen molar-refractivity contribution in [2.75, 3.05) is 31.1 Å². The first-order valence-corrected chi connectivity index (χ1v) is 4.71. The summed E-state index contributed by atoms with van der Waals surface area (Å²) in [4.78, 5) is 2.05. The monoisotopic (exact) mass is 196 g/mol. The first-order valence-electron chi connectivity index (χ1n) is 4.71. The highest BCUT2D eigenvalue weighted by Crippen LogP contribution is 2.22. The van der Waals surface area contributed by atoms with Gasteiger partial charge in [-0.05, 0) is 6.07 Å². The lowest BCUT2D eigenvalue weighted by atomic mass is 10.2. The number of hydrogen-bond acceptors (Lipinski definition) is 3. The summed E-state index contributed by atoms with van der Waals surface area (Å²) in [6, 6.07) is 4.16. The predicted octanol–water partition coefficient (Wildman–Crippen LogP) is 0.941. The molecule has 4 heteroatoms. The van der Waals surface area contributed by atoms with Gasteiger partial charge in [-0.2, -0.15) is 0 Å². The minimum Gasteiger partial charge on any atom is -0.508 e. The number of aromatic hydroxyl groups is 1. The lowest BCUT2D eigenvalue weighted by Gasteiger charge is -2.29. The molecule has 1 aromatic rings. The predicted molar refractivity (Wildman–Crippen MR) is 53.1 cm³/mol. The van der Waals surface area contributed by atoms with E-state index in [1.54, 1.807) is 6.07 Å². The molecule has 1 aromatic carbocycles. The van der Waals surface area contributed by atoms with Crippen molar-refractivity contribution in [3.63, 3.8) is 0 Å². The van der Waals surface area contributed by atoms with Crippen molar-refractivity contribution in [3.05, 3.63) is 24.0 Å². The van der Waals surface area contributed by atoms with E-state index in [0.717, 1.165) is 37.9 Å². The molecule has 0 spiro atoms. The summed E-state index contributed by atoms with van der Waals surface area (Å²) in [5, 5.41) is 12.5. The number of piperazine rings is 1. The molecular weight excluding hydrogens is 183 g/mol. The first kappa shape index (κ1) is 9.27. The van der Waals surface area contributed by atoms with Gasteiger partial charge in [-0.15, -0.1) is 0 Å². The van der Waals surface area contributed by atoms with Crippen LogP contribution in [0.5, 0.6) is 5.75 Å². The van der Waals surface area contributed by atoms with E-state index in [0.29, 0.717) is 0 Å². The van der Waals surface area contributed by atoms with Gasteiger partial charge in [0.05, 0.1) is 0 Å². The summed E-state index contributed by atoms with van der Waals surface area (Å²) in [6.07, 6.45) is 0. The van der Waals surface area contributed by atoms with Crippen LogP contribution in [0.3, 0.4) is 0 Å². The SMILES string of the molecule is Oc1cc(F)cc(N2CCNCC2)c1. The number of nitrogens with zero attached hydrogens (tertiary/aromatic N) is 1. The van der Waals surface area contributed by atoms with Gasteiger partial charge in [0, 0.05) is 44.0 Å². The smallest absolute Gasteiger partial charge is 0.128 e. The van der Waals surface area contributed by atoms with Gasteiger partial charge in [-0.1, -0.05) is 0 Å². The quantitative estimate of drug-likeness (QED) is 0.701. The molecular formula is C10H13FN2O. The molecule has 0 unspecified atom stereocenters. The number of phenols is 1. The molecule has 1 heterocycles. The van der Waals surface area contributed by atoms with Gasteiger partial charge in [0.2, 0.25) is 0 Å². The summed E-state index contributed by atoms with van der Waals surface area (Å²) in [5.41, 5.74) is 0.754. The van der Waals surface area contributed by atoms with Gasteiger partial charge in [-0.25, -0.2) is 4.39 Å². The van der Waals surface area contributed by atoms with Gasteiger partial charge >= 0.3 is 0 Å². The van der Waals surface area contributed by atoms with Crippen molar-refractivity contribution in [3.8, 4) is 5.75 Å².